The molecule has 1 rings (SSSR count). The Bertz CT molecular complexity index is 312. The van der Waals surface area contributed by atoms with Crippen LogP contribution in [0.25, 0.3) is 0 Å². The summed E-state index contributed by atoms with van der Waals surface area (Å²) in [6, 6.07) is 1.65. The molecule has 0 amide bonds. The fourth-order valence-corrected chi connectivity index (χ4v) is 0.961. The van der Waals surface area contributed by atoms with Gasteiger partial charge in [-0.2, -0.15) is 0 Å². The van der Waals surface area contributed by atoms with Gasteiger partial charge in [-0.1, -0.05) is 0 Å². The number of carbonyl (C=O) groups excluding carboxylic acids is 1. The molecule has 1 heterocycles. The number of aromatic nitrogens is 1. The largest absolute Gasteiger partial charge is 0.495 e. The van der Waals surface area contributed by atoms with Crippen molar-refractivity contribution in [3.63, 3.8) is 0 Å². The van der Waals surface area contributed by atoms with E-state index >= 15 is 0 Å². The van der Waals surface area contributed by atoms with Gasteiger partial charge in [-0.3, -0.25) is 9.78 Å². The average molecular weight is 195 g/mol. The van der Waals surface area contributed by atoms with Crippen molar-refractivity contribution < 1.29 is 14.3 Å². The summed E-state index contributed by atoms with van der Waals surface area (Å²) in [6.07, 6.45) is 3.06. The molecule has 0 aliphatic rings. The summed E-state index contributed by atoms with van der Waals surface area (Å²) in [4.78, 5) is 15.3. The Morgan fingerprint density at radius 1 is 1.50 bits per heavy atom. The zero-order valence-corrected chi connectivity index (χ0v) is 8.32. The van der Waals surface area contributed by atoms with Crippen molar-refractivity contribution >= 4 is 5.78 Å². The summed E-state index contributed by atoms with van der Waals surface area (Å²) in [5.41, 5.74) is 0.512. The lowest BCUT2D eigenvalue weighted by Crippen LogP contribution is -2.09. The Morgan fingerprint density at radius 3 is 2.93 bits per heavy atom. The molecule has 0 atom stereocenters. The van der Waals surface area contributed by atoms with Crippen LogP contribution in [0.15, 0.2) is 18.5 Å². The van der Waals surface area contributed by atoms with Crippen LogP contribution in [0.3, 0.4) is 0 Å². The maximum Gasteiger partial charge on any atom is 0.190 e. The van der Waals surface area contributed by atoms with Gasteiger partial charge in [0, 0.05) is 18.4 Å². The van der Waals surface area contributed by atoms with E-state index in [-0.39, 0.29) is 12.4 Å². The zero-order chi connectivity index (χ0) is 10.4. The Balaban J connectivity index is 2.69. The summed E-state index contributed by atoms with van der Waals surface area (Å²) < 4.78 is 9.96. The van der Waals surface area contributed by atoms with E-state index in [1.165, 1.54) is 13.3 Å². The molecule has 76 valence electrons. The van der Waals surface area contributed by atoms with Gasteiger partial charge in [0.1, 0.15) is 12.4 Å². The predicted molar refractivity (Wildman–Crippen MR) is 51.6 cm³/mol. The number of ketones is 1. The molecule has 0 aliphatic heterocycles. The second-order valence-corrected chi connectivity index (χ2v) is 2.67. The van der Waals surface area contributed by atoms with E-state index in [1.54, 1.807) is 12.3 Å². The average Bonchev–Trinajstić information content (AvgIpc) is 2.26. The summed E-state index contributed by atoms with van der Waals surface area (Å²) in [6.45, 7) is 2.46. The maximum atomic E-state index is 11.5. The van der Waals surface area contributed by atoms with E-state index in [4.69, 9.17) is 9.47 Å². The number of ether oxygens (including phenoxy) is 2. The first-order valence-corrected chi connectivity index (χ1v) is 4.38. The zero-order valence-electron chi connectivity index (χ0n) is 8.32. The lowest BCUT2D eigenvalue weighted by atomic mass is 10.2. The first kappa shape index (κ1) is 10.7. The molecular weight excluding hydrogens is 182 g/mol. The SMILES string of the molecule is CCOCC(=O)c1cncc(OC)c1. The van der Waals surface area contributed by atoms with Crippen LogP contribution < -0.4 is 4.74 Å². The lowest BCUT2D eigenvalue weighted by molar-refractivity contribution is 0.0782. The molecule has 0 fully saturated rings. The van der Waals surface area contributed by atoms with Crippen molar-refractivity contribution in [3.8, 4) is 5.75 Å². The van der Waals surface area contributed by atoms with Crippen molar-refractivity contribution in [2.75, 3.05) is 20.3 Å². The Hall–Kier alpha value is -1.42. The molecule has 0 aromatic carbocycles. The molecule has 0 saturated carbocycles. The number of rotatable bonds is 5. The van der Waals surface area contributed by atoms with E-state index in [1.807, 2.05) is 6.92 Å². The third kappa shape index (κ3) is 2.81. The van der Waals surface area contributed by atoms with E-state index in [0.29, 0.717) is 17.9 Å². The summed E-state index contributed by atoms with van der Waals surface area (Å²) in [5, 5.41) is 0. The molecule has 4 nitrogen and oxygen atoms in total. The van der Waals surface area contributed by atoms with Gasteiger partial charge < -0.3 is 9.47 Å². The first-order valence-electron chi connectivity index (χ1n) is 4.38. The number of hydrogen-bond acceptors (Lipinski definition) is 4. The number of pyridine rings is 1. The van der Waals surface area contributed by atoms with Crippen molar-refractivity contribution in [1.29, 1.82) is 0 Å². The van der Waals surface area contributed by atoms with Gasteiger partial charge in [0.25, 0.3) is 0 Å². The molecule has 1 aromatic heterocycles. The van der Waals surface area contributed by atoms with Crippen molar-refractivity contribution in [1.82, 2.24) is 4.98 Å². The lowest BCUT2D eigenvalue weighted by Gasteiger charge is -2.02. The van der Waals surface area contributed by atoms with Crippen LogP contribution in [0.5, 0.6) is 5.75 Å². The van der Waals surface area contributed by atoms with Gasteiger partial charge >= 0.3 is 0 Å². The Kier molecular flexibility index (Phi) is 4.07. The summed E-state index contributed by atoms with van der Waals surface area (Å²) in [5.74, 6) is 0.491. The Morgan fingerprint density at radius 2 is 2.29 bits per heavy atom. The van der Waals surface area contributed by atoms with Crippen LogP contribution in [0.4, 0.5) is 0 Å². The second-order valence-electron chi connectivity index (χ2n) is 2.67. The second kappa shape index (κ2) is 5.34. The fraction of sp³-hybridized carbons (Fsp3) is 0.400. The highest BCUT2D eigenvalue weighted by Gasteiger charge is 2.06. The fourth-order valence-electron chi connectivity index (χ4n) is 0.961. The minimum absolute atomic E-state index is 0.0850. The van der Waals surface area contributed by atoms with Crippen molar-refractivity contribution in [2.45, 2.75) is 6.92 Å². The molecule has 0 saturated heterocycles. The van der Waals surface area contributed by atoms with Crippen LogP contribution >= 0.6 is 0 Å². The highest BCUT2D eigenvalue weighted by Crippen LogP contribution is 2.10. The summed E-state index contributed by atoms with van der Waals surface area (Å²) >= 11 is 0. The molecule has 0 bridgehead atoms. The molecule has 0 N–H and O–H groups in total. The number of carbonyl (C=O) groups is 1. The molecular formula is C10H13NO3. The number of nitrogens with zero attached hydrogens (tertiary/aromatic N) is 1. The van der Waals surface area contributed by atoms with Crippen LogP contribution in [0, 0.1) is 0 Å². The van der Waals surface area contributed by atoms with Crippen LogP contribution in [0.2, 0.25) is 0 Å². The minimum atomic E-state index is -0.0850. The van der Waals surface area contributed by atoms with Gasteiger partial charge in [0.05, 0.1) is 13.3 Å². The maximum absolute atomic E-state index is 11.5. The first-order chi connectivity index (χ1) is 6.77. The molecule has 0 unspecified atom stereocenters. The topological polar surface area (TPSA) is 48.4 Å². The summed E-state index contributed by atoms with van der Waals surface area (Å²) in [7, 11) is 1.54. The van der Waals surface area contributed by atoms with Gasteiger partial charge in [0.15, 0.2) is 5.78 Å². The minimum Gasteiger partial charge on any atom is -0.495 e. The van der Waals surface area contributed by atoms with E-state index < -0.39 is 0 Å². The molecule has 14 heavy (non-hydrogen) atoms. The Labute approximate surface area is 82.9 Å². The number of Topliss-reactive ketones (excluding diaryl/α,β-unsaturated/α-hetero) is 1. The van der Waals surface area contributed by atoms with Crippen LogP contribution in [0.1, 0.15) is 17.3 Å². The van der Waals surface area contributed by atoms with Gasteiger partial charge in [-0.15, -0.1) is 0 Å². The molecule has 4 heteroatoms. The van der Waals surface area contributed by atoms with Gasteiger partial charge in [-0.25, -0.2) is 0 Å². The van der Waals surface area contributed by atoms with Crippen molar-refractivity contribution in [3.05, 3.63) is 24.0 Å². The monoisotopic (exact) mass is 195 g/mol. The van der Waals surface area contributed by atoms with Crippen LogP contribution in [-0.2, 0) is 4.74 Å². The molecule has 0 radical (unpaired) electrons. The molecule has 0 spiro atoms. The van der Waals surface area contributed by atoms with Gasteiger partial charge in [-0.05, 0) is 13.0 Å². The molecule has 0 aliphatic carbocycles. The molecule has 1 aromatic rings. The third-order valence-electron chi connectivity index (χ3n) is 1.71. The smallest absolute Gasteiger partial charge is 0.190 e. The van der Waals surface area contributed by atoms with Crippen LogP contribution in [-0.4, -0.2) is 31.1 Å². The van der Waals surface area contributed by atoms with E-state index in [2.05, 4.69) is 4.98 Å². The predicted octanol–water partition coefficient (Wildman–Crippen LogP) is 1.31. The van der Waals surface area contributed by atoms with E-state index in [0.717, 1.165) is 0 Å². The highest BCUT2D eigenvalue weighted by atomic mass is 16.5. The highest BCUT2D eigenvalue weighted by molar-refractivity contribution is 5.97. The standard InChI is InChI=1S/C10H13NO3/c1-3-14-7-10(12)8-4-9(13-2)6-11-5-8/h4-6H,3,7H2,1-2H3. The van der Waals surface area contributed by atoms with Crippen molar-refractivity contribution in [2.24, 2.45) is 0 Å². The van der Waals surface area contributed by atoms with Gasteiger partial charge in [0.2, 0.25) is 0 Å². The third-order valence-corrected chi connectivity index (χ3v) is 1.71. The number of methoxy groups -OCH3 is 1. The normalized spacial score (nSPS) is 9.86. The van der Waals surface area contributed by atoms with E-state index in [9.17, 15) is 4.79 Å². The number of hydrogen-bond donors (Lipinski definition) is 0. The quantitative estimate of drug-likeness (QED) is 0.664.